The van der Waals surface area contributed by atoms with Crippen LogP contribution in [0, 0.1) is 0 Å². The van der Waals surface area contributed by atoms with Crippen LogP contribution in [0.25, 0.3) is 0 Å². The molecule has 4 N–H and O–H groups in total. The first-order valence-corrected chi connectivity index (χ1v) is 7.00. The number of nitrogens with zero attached hydrogens (tertiary/aromatic N) is 2. The minimum absolute atomic E-state index is 0.117. The molecule has 1 unspecified atom stereocenters. The summed E-state index contributed by atoms with van der Waals surface area (Å²) in [6, 6.07) is 9.01. The number of hydrogen-bond acceptors (Lipinski definition) is 4. The summed E-state index contributed by atoms with van der Waals surface area (Å²) in [6.07, 6.45) is 2.39. The van der Waals surface area contributed by atoms with E-state index < -0.39 is 5.92 Å². The third kappa shape index (κ3) is 5.07. The number of aliphatic hydroxyl groups excluding tert-OH is 1. The quantitative estimate of drug-likeness (QED) is 0.220. The van der Waals surface area contributed by atoms with Crippen LogP contribution in [0.2, 0.25) is 0 Å². The summed E-state index contributed by atoms with van der Waals surface area (Å²) < 4.78 is 0. The van der Waals surface area contributed by atoms with Crippen LogP contribution in [0.3, 0.4) is 0 Å². The zero-order chi connectivity index (χ0) is 15.7. The number of likely N-dealkylation sites (N-methyl/N-ethyl adjacent to an activating group) is 1. The highest BCUT2D eigenvalue weighted by atomic mass is 16.4. The minimum atomic E-state index is -0.779. The lowest BCUT2D eigenvalue weighted by Gasteiger charge is -2.23. The highest BCUT2D eigenvalue weighted by Gasteiger charge is 2.27. The van der Waals surface area contributed by atoms with Crippen molar-refractivity contribution in [2.75, 3.05) is 20.2 Å². The van der Waals surface area contributed by atoms with Crippen molar-refractivity contribution in [2.45, 2.75) is 25.2 Å². The molecule has 0 radical (unpaired) electrons. The normalized spacial score (nSPS) is 13.0. The summed E-state index contributed by atoms with van der Waals surface area (Å²) in [7, 11) is 1.70. The van der Waals surface area contributed by atoms with Gasteiger partial charge in [-0.1, -0.05) is 35.5 Å². The Morgan fingerprint density at radius 1 is 1.29 bits per heavy atom. The van der Waals surface area contributed by atoms with E-state index in [0.29, 0.717) is 12.1 Å². The summed E-state index contributed by atoms with van der Waals surface area (Å²) >= 11 is 0. The number of carbonyl (C=O) groups is 1. The summed E-state index contributed by atoms with van der Waals surface area (Å²) in [5, 5.41) is 20.6. The predicted octanol–water partition coefficient (Wildman–Crippen LogP) is 1.14. The lowest BCUT2D eigenvalue weighted by atomic mass is 9.96. The van der Waals surface area contributed by atoms with Gasteiger partial charge >= 0.3 is 0 Å². The molecule has 1 aromatic rings. The maximum absolute atomic E-state index is 12.5. The number of unbranched alkanes of at least 4 members (excludes halogenated alkanes) is 2. The molecule has 0 saturated heterocycles. The molecule has 1 atom stereocenters. The SMILES string of the molecule is CN(CCCCCO)C(=O)C(/C(N)=N/O)c1ccccc1. The van der Waals surface area contributed by atoms with Gasteiger partial charge in [0.15, 0.2) is 5.84 Å². The zero-order valence-corrected chi connectivity index (χ0v) is 12.3. The molecule has 0 aliphatic carbocycles. The van der Waals surface area contributed by atoms with E-state index in [1.807, 2.05) is 18.2 Å². The maximum Gasteiger partial charge on any atom is 0.237 e. The van der Waals surface area contributed by atoms with E-state index in [0.717, 1.165) is 19.3 Å². The van der Waals surface area contributed by atoms with Crippen molar-refractivity contribution in [1.82, 2.24) is 4.90 Å². The lowest BCUT2D eigenvalue weighted by Crippen LogP contribution is -2.39. The Balaban J connectivity index is 2.77. The molecule has 21 heavy (non-hydrogen) atoms. The average molecular weight is 293 g/mol. The molecule has 0 bridgehead atoms. The molecule has 0 aliphatic rings. The number of nitrogens with two attached hydrogens (primary N) is 1. The fourth-order valence-electron chi connectivity index (χ4n) is 2.11. The second-order valence-corrected chi connectivity index (χ2v) is 4.91. The lowest BCUT2D eigenvalue weighted by molar-refractivity contribution is -0.130. The molecule has 1 amide bonds. The van der Waals surface area contributed by atoms with E-state index in [9.17, 15) is 4.79 Å². The number of amidine groups is 1. The molecular weight excluding hydrogens is 270 g/mol. The Morgan fingerprint density at radius 3 is 2.52 bits per heavy atom. The Bertz CT molecular complexity index is 462. The summed E-state index contributed by atoms with van der Waals surface area (Å²) in [6.45, 7) is 0.731. The van der Waals surface area contributed by atoms with Crippen molar-refractivity contribution in [3.63, 3.8) is 0 Å². The standard InChI is InChI=1S/C15H23N3O3/c1-18(10-6-3-7-11-19)15(20)13(14(16)17-21)12-8-4-2-5-9-12/h2,4-5,8-9,13,19,21H,3,6-7,10-11H2,1H3,(H2,16,17). The predicted molar refractivity (Wildman–Crippen MR) is 81.2 cm³/mol. The van der Waals surface area contributed by atoms with Crippen molar-refractivity contribution in [2.24, 2.45) is 10.9 Å². The van der Waals surface area contributed by atoms with Crippen LogP contribution in [-0.2, 0) is 4.79 Å². The Morgan fingerprint density at radius 2 is 1.95 bits per heavy atom. The monoisotopic (exact) mass is 293 g/mol. The zero-order valence-electron chi connectivity index (χ0n) is 12.3. The van der Waals surface area contributed by atoms with E-state index in [2.05, 4.69) is 5.16 Å². The van der Waals surface area contributed by atoms with Gasteiger partial charge in [-0.3, -0.25) is 4.79 Å². The number of hydrogen-bond donors (Lipinski definition) is 3. The average Bonchev–Trinajstić information content (AvgIpc) is 2.52. The maximum atomic E-state index is 12.5. The molecule has 116 valence electrons. The van der Waals surface area contributed by atoms with Gasteiger partial charge in [0, 0.05) is 20.2 Å². The molecule has 1 rings (SSSR count). The fourth-order valence-corrected chi connectivity index (χ4v) is 2.11. The topological polar surface area (TPSA) is 99.2 Å². The number of carbonyl (C=O) groups excluding carboxylic acids is 1. The highest BCUT2D eigenvalue weighted by Crippen LogP contribution is 2.18. The number of rotatable bonds is 8. The third-order valence-corrected chi connectivity index (χ3v) is 3.32. The Labute approximate surface area is 124 Å². The molecular formula is C15H23N3O3. The van der Waals surface area contributed by atoms with E-state index in [-0.39, 0.29) is 18.3 Å². The van der Waals surface area contributed by atoms with E-state index in [4.69, 9.17) is 16.0 Å². The van der Waals surface area contributed by atoms with Gasteiger partial charge in [0.1, 0.15) is 5.92 Å². The van der Waals surface area contributed by atoms with Gasteiger partial charge in [-0.15, -0.1) is 0 Å². The Kier molecular flexibility index (Phi) is 7.25. The summed E-state index contributed by atoms with van der Waals surface area (Å²) in [4.78, 5) is 14.1. The van der Waals surface area contributed by atoms with E-state index in [1.165, 1.54) is 0 Å². The van der Waals surface area contributed by atoms with Gasteiger partial charge in [0.05, 0.1) is 0 Å². The smallest absolute Gasteiger partial charge is 0.237 e. The van der Waals surface area contributed by atoms with Crippen molar-refractivity contribution in [3.8, 4) is 0 Å². The van der Waals surface area contributed by atoms with Crippen LogP contribution in [0.15, 0.2) is 35.5 Å². The molecule has 0 aromatic heterocycles. The van der Waals surface area contributed by atoms with Crippen LogP contribution in [-0.4, -0.2) is 47.2 Å². The molecule has 0 fully saturated rings. The number of oxime groups is 1. The first-order chi connectivity index (χ1) is 10.1. The third-order valence-electron chi connectivity index (χ3n) is 3.32. The number of benzene rings is 1. The first-order valence-electron chi connectivity index (χ1n) is 7.00. The van der Waals surface area contributed by atoms with Crippen molar-refractivity contribution in [1.29, 1.82) is 0 Å². The molecule has 1 aromatic carbocycles. The second-order valence-electron chi connectivity index (χ2n) is 4.91. The molecule has 6 heteroatoms. The highest BCUT2D eigenvalue weighted by molar-refractivity contribution is 6.07. The largest absolute Gasteiger partial charge is 0.409 e. The van der Waals surface area contributed by atoms with Gasteiger partial charge in [-0.2, -0.15) is 0 Å². The molecule has 0 aliphatic heterocycles. The summed E-state index contributed by atoms with van der Waals surface area (Å²) in [5.74, 6) is -1.10. The van der Waals surface area contributed by atoms with Crippen molar-refractivity contribution >= 4 is 11.7 Å². The molecule has 0 saturated carbocycles. The van der Waals surface area contributed by atoms with Gasteiger partial charge in [-0.25, -0.2) is 0 Å². The van der Waals surface area contributed by atoms with Crippen LogP contribution >= 0.6 is 0 Å². The number of aliphatic hydroxyl groups is 1. The van der Waals surface area contributed by atoms with E-state index >= 15 is 0 Å². The van der Waals surface area contributed by atoms with Gasteiger partial charge in [0.25, 0.3) is 0 Å². The molecule has 0 spiro atoms. The van der Waals surface area contributed by atoms with Gasteiger partial charge in [-0.05, 0) is 24.8 Å². The van der Waals surface area contributed by atoms with E-state index in [1.54, 1.807) is 24.1 Å². The fraction of sp³-hybridized carbons (Fsp3) is 0.467. The minimum Gasteiger partial charge on any atom is -0.409 e. The van der Waals surface area contributed by atoms with Gasteiger partial charge < -0.3 is 20.9 Å². The van der Waals surface area contributed by atoms with Crippen LogP contribution < -0.4 is 5.73 Å². The van der Waals surface area contributed by atoms with Crippen LogP contribution in [0.4, 0.5) is 0 Å². The van der Waals surface area contributed by atoms with Crippen LogP contribution in [0.1, 0.15) is 30.7 Å². The first kappa shape index (κ1) is 17.0. The van der Waals surface area contributed by atoms with Gasteiger partial charge in [0.2, 0.25) is 5.91 Å². The molecule has 0 heterocycles. The molecule has 6 nitrogen and oxygen atoms in total. The summed E-state index contributed by atoms with van der Waals surface area (Å²) in [5.41, 5.74) is 6.38. The number of amides is 1. The Hall–Kier alpha value is -2.08. The van der Waals surface area contributed by atoms with Crippen LogP contribution in [0.5, 0.6) is 0 Å². The van der Waals surface area contributed by atoms with Crippen molar-refractivity contribution in [3.05, 3.63) is 35.9 Å². The van der Waals surface area contributed by atoms with Crippen molar-refractivity contribution < 1.29 is 15.1 Å². The second kappa shape index (κ2) is 8.97.